The van der Waals surface area contributed by atoms with E-state index < -0.39 is 6.10 Å². The first-order chi connectivity index (χ1) is 12.2. The summed E-state index contributed by atoms with van der Waals surface area (Å²) in [6.07, 6.45) is 3.74. The lowest BCUT2D eigenvalue weighted by Crippen LogP contribution is -2.27. The van der Waals surface area contributed by atoms with Crippen molar-refractivity contribution in [3.05, 3.63) is 84.2 Å². The molecule has 3 rings (SSSR count). The number of hydrogen-bond acceptors (Lipinski definition) is 3. The van der Waals surface area contributed by atoms with Gasteiger partial charge in [0.1, 0.15) is 0 Å². The van der Waals surface area contributed by atoms with Gasteiger partial charge in [-0.3, -0.25) is 4.79 Å². The molecule has 25 heavy (non-hydrogen) atoms. The Morgan fingerprint density at radius 2 is 1.76 bits per heavy atom. The van der Waals surface area contributed by atoms with Crippen LogP contribution in [0.1, 0.15) is 23.7 Å². The Kier molecular flexibility index (Phi) is 5.59. The SMILES string of the molecule is O=C(CC(O)c1ccccc1)NCCc1cnn(-c2ccccc2)c1. The van der Waals surface area contributed by atoms with Crippen molar-refractivity contribution in [2.75, 3.05) is 6.54 Å². The van der Waals surface area contributed by atoms with Crippen LogP contribution in [-0.4, -0.2) is 27.3 Å². The van der Waals surface area contributed by atoms with E-state index in [9.17, 15) is 9.90 Å². The molecule has 2 N–H and O–H groups in total. The van der Waals surface area contributed by atoms with E-state index in [0.29, 0.717) is 13.0 Å². The molecule has 0 fully saturated rings. The second kappa shape index (κ2) is 8.26. The molecule has 0 spiro atoms. The van der Waals surface area contributed by atoms with E-state index in [4.69, 9.17) is 0 Å². The van der Waals surface area contributed by atoms with Gasteiger partial charge in [0.25, 0.3) is 0 Å². The molecule has 1 unspecified atom stereocenters. The number of benzene rings is 2. The van der Waals surface area contributed by atoms with Crippen molar-refractivity contribution in [1.29, 1.82) is 0 Å². The molecule has 0 aliphatic carbocycles. The largest absolute Gasteiger partial charge is 0.388 e. The summed E-state index contributed by atoms with van der Waals surface area (Å²) in [5.74, 6) is -0.160. The van der Waals surface area contributed by atoms with E-state index in [-0.39, 0.29) is 12.3 Å². The minimum atomic E-state index is -0.776. The summed E-state index contributed by atoms with van der Waals surface area (Å²) in [6.45, 7) is 0.515. The molecule has 0 saturated heterocycles. The zero-order valence-electron chi connectivity index (χ0n) is 13.9. The Balaban J connectivity index is 1.45. The molecule has 1 heterocycles. The molecule has 5 nitrogen and oxygen atoms in total. The third-order valence-electron chi connectivity index (χ3n) is 3.96. The number of rotatable bonds is 7. The van der Waals surface area contributed by atoms with Crippen LogP contribution in [0.5, 0.6) is 0 Å². The van der Waals surface area contributed by atoms with Crippen LogP contribution < -0.4 is 5.32 Å². The number of aromatic nitrogens is 2. The smallest absolute Gasteiger partial charge is 0.222 e. The van der Waals surface area contributed by atoms with Crippen LogP contribution in [0.3, 0.4) is 0 Å². The summed E-state index contributed by atoms with van der Waals surface area (Å²) < 4.78 is 1.82. The van der Waals surface area contributed by atoms with E-state index in [2.05, 4.69) is 10.4 Å². The fourth-order valence-electron chi connectivity index (χ4n) is 2.60. The first-order valence-electron chi connectivity index (χ1n) is 8.31. The summed E-state index contributed by atoms with van der Waals surface area (Å²) in [5.41, 5.74) is 2.80. The number of carbonyl (C=O) groups is 1. The Labute approximate surface area is 146 Å². The molecule has 1 amide bonds. The predicted molar refractivity (Wildman–Crippen MR) is 96.3 cm³/mol. The first-order valence-corrected chi connectivity index (χ1v) is 8.31. The van der Waals surface area contributed by atoms with Gasteiger partial charge in [0, 0.05) is 12.7 Å². The molecule has 2 aromatic carbocycles. The number of para-hydroxylation sites is 1. The van der Waals surface area contributed by atoms with E-state index in [1.54, 1.807) is 6.20 Å². The zero-order valence-corrected chi connectivity index (χ0v) is 13.9. The van der Waals surface area contributed by atoms with E-state index >= 15 is 0 Å². The number of carbonyl (C=O) groups excluding carboxylic acids is 1. The van der Waals surface area contributed by atoms with Crippen LogP contribution in [0.25, 0.3) is 5.69 Å². The lowest BCUT2D eigenvalue weighted by atomic mass is 10.1. The minimum absolute atomic E-state index is 0.0628. The first kappa shape index (κ1) is 16.9. The highest BCUT2D eigenvalue weighted by molar-refractivity contribution is 5.76. The third kappa shape index (κ3) is 4.78. The molecular weight excluding hydrogens is 314 g/mol. The Bertz CT molecular complexity index is 800. The highest BCUT2D eigenvalue weighted by Gasteiger charge is 2.12. The summed E-state index contributed by atoms with van der Waals surface area (Å²) in [5, 5.41) is 17.2. The topological polar surface area (TPSA) is 67.2 Å². The normalized spacial score (nSPS) is 11.9. The number of aliphatic hydroxyl groups is 1. The van der Waals surface area contributed by atoms with Crippen LogP contribution >= 0.6 is 0 Å². The monoisotopic (exact) mass is 335 g/mol. The van der Waals surface area contributed by atoms with Crippen LogP contribution in [-0.2, 0) is 11.2 Å². The van der Waals surface area contributed by atoms with Crippen molar-refractivity contribution < 1.29 is 9.90 Å². The van der Waals surface area contributed by atoms with Crippen molar-refractivity contribution in [3.8, 4) is 5.69 Å². The maximum absolute atomic E-state index is 12.0. The van der Waals surface area contributed by atoms with E-state index in [1.165, 1.54) is 0 Å². The average Bonchev–Trinajstić information content (AvgIpc) is 3.12. The van der Waals surface area contributed by atoms with Gasteiger partial charge in [0.05, 0.1) is 24.4 Å². The van der Waals surface area contributed by atoms with Crippen LogP contribution in [0.15, 0.2) is 73.1 Å². The Morgan fingerprint density at radius 3 is 2.48 bits per heavy atom. The van der Waals surface area contributed by atoms with Crippen molar-refractivity contribution in [2.45, 2.75) is 18.9 Å². The molecule has 1 aromatic heterocycles. The fraction of sp³-hybridized carbons (Fsp3) is 0.200. The molecule has 128 valence electrons. The highest BCUT2D eigenvalue weighted by atomic mass is 16.3. The van der Waals surface area contributed by atoms with Gasteiger partial charge < -0.3 is 10.4 Å². The summed E-state index contributed by atoms with van der Waals surface area (Å²) in [7, 11) is 0. The van der Waals surface area contributed by atoms with Gasteiger partial charge in [0.15, 0.2) is 0 Å². The molecular formula is C20H21N3O2. The van der Waals surface area contributed by atoms with E-state index in [1.807, 2.05) is 71.5 Å². The third-order valence-corrected chi connectivity index (χ3v) is 3.96. The van der Waals surface area contributed by atoms with Gasteiger partial charge in [-0.15, -0.1) is 0 Å². The maximum atomic E-state index is 12.0. The lowest BCUT2D eigenvalue weighted by molar-refractivity contribution is -0.123. The fourth-order valence-corrected chi connectivity index (χ4v) is 2.60. The van der Waals surface area contributed by atoms with Crippen molar-refractivity contribution >= 4 is 5.91 Å². The molecule has 3 aromatic rings. The summed E-state index contributed by atoms with van der Waals surface area (Å²) in [6, 6.07) is 19.1. The van der Waals surface area contributed by atoms with Crippen LogP contribution in [0.4, 0.5) is 0 Å². The second-order valence-electron chi connectivity index (χ2n) is 5.86. The van der Waals surface area contributed by atoms with Crippen LogP contribution in [0.2, 0.25) is 0 Å². The predicted octanol–water partition coefficient (Wildman–Crippen LogP) is 2.65. The molecule has 0 bridgehead atoms. The van der Waals surface area contributed by atoms with Gasteiger partial charge in [-0.2, -0.15) is 5.10 Å². The Hall–Kier alpha value is -2.92. The molecule has 0 saturated carbocycles. The number of amides is 1. The van der Waals surface area contributed by atoms with Gasteiger partial charge in [0.2, 0.25) is 5.91 Å². The molecule has 1 atom stereocenters. The molecule has 5 heteroatoms. The van der Waals surface area contributed by atoms with Gasteiger partial charge in [-0.1, -0.05) is 48.5 Å². The van der Waals surface area contributed by atoms with Gasteiger partial charge in [-0.05, 0) is 29.7 Å². The van der Waals surface area contributed by atoms with Gasteiger partial charge in [-0.25, -0.2) is 4.68 Å². The minimum Gasteiger partial charge on any atom is -0.388 e. The van der Waals surface area contributed by atoms with Gasteiger partial charge >= 0.3 is 0 Å². The quantitative estimate of drug-likeness (QED) is 0.697. The summed E-state index contributed by atoms with van der Waals surface area (Å²) in [4.78, 5) is 12.0. The van der Waals surface area contributed by atoms with Crippen molar-refractivity contribution in [1.82, 2.24) is 15.1 Å². The van der Waals surface area contributed by atoms with Crippen LogP contribution in [0, 0.1) is 0 Å². The molecule has 0 aliphatic heterocycles. The number of aliphatic hydroxyl groups excluding tert-OH is 1. The number of nitrogens with one attached hydrogen (secondary N) is 1. The molecule has 0 radical (unpaired) electrons. The Morgan fingerprint density at radius 1 is 1.08 bits per heavy atom. The summed E-state index contributed by atoms with van der Waals surface area (Å²) >= 11 is 0. The second-order valence-corrected chi connectivity index (χ2v) is 5.86. The van der Waals surface area contributed by atoms with E-state index in [0.717, 1.165) is 16.8 Å². The maximum Gasteiger partial charge on any atom is 0.222 e. The lowest BCUT2D eigenvalue weighted by Gasteiger charge is -2.10. The molecule has 0 aliphatic rings. The number of hydrogen-bond donors (Lipinski definition) is 2. The number of nitrogens with zero attached hydrogens (tertiary/aromatic N) is 2. The van der Waals surface area contributed by atoms with Crippen molar-refractivity contribution in [2.24, 2.45) is 0 Å². The standard InChI is InChI=1S/C20H21N3O2/c24-19(17-7-3-1-4-8-17)13-20(25)21-12-11-16-14-22-23(15-16)18-9-5-2-6-10-18/h1-10,14-15,19,24H,11-13H2,(H,21,25). The zero-order chi connectivity index (χ0) is 17.5. The average molecular weight is 335 g/mol. The van der Waals surface area contributed by atoms with Crippen molar-refractivity contribution in [3.63, 3.8) is 0 Å². The highest BCUT2D eigenvalue weighted by Crippen LogP contribution is 2.15.